The molecule has 2 aromatic rings. The lowest BCUT2D eigenvalue weighted by atomic mass is 9.99. The second-order valence-corrected chi connectivity index (χ2v) is 6.97. The Morgan fingerprint density at radius 3 is 2.45 bits per heavy atom. The quantitative estimate of drug-likeness (QED) is 0.308. The Labute approximate surface area is 178 Å². The van der Waals surface area contributed by atoms with Gasteiger partial charge in [-0.3, -0.25) is 0 Å². The molecule has 9 nitrogen and oxygen atoms in total. The normalized spacial score (nSPS) is 26.0. The zero-order valence-electron chi connectivity index (χ0n) is 16.4. The number of ether oxygens (including phenoxy) is 3. The standard InChI is InChI=1S/C22H24O9/c23-11-14-6-8-16(15(24)10-14)30-22-21(28)20(27)19(26)17(31-22)12-29-18(25)9-7-13-4-2-1-3-5-13/h1-10,17,19-24,26-28H,11-12H2/b9-7+/t17-,19-,20-,21-,22-/m1/s1. The molecule has 1 aliphatic rings. The number of aromatic hydroxyl groups is 1. The van der Waals surface area contributed by atoms with Crippen molar-refractivity contribution in [3.8, 4) is 11.5 Å². The summed E-state index contributed by atoms with van der Waals surface area (Å²) in [4.78, 5) is 11.9. The lowest BCUT2D eigenvalue weighted by Gasteiger charge is -2.39. The van der Waals surface area contributed by atoms with Crippen LogP contribution in [-0.4, -0.2) is 68.8 Å². The van der Waals surface area contributed by atoms with Crippen LogP contribution in [0, 0.1) is 0 Å². The molecule has 0 radical (unpaired) electrons. The molecule has 31 heavy (non-hydrogen) atoms. The molecule has 0 aliphatic carbocycles. The molecule has 0 aromatic heterocycles. The van der Waals surface area contributed by atoms with Crippen molar-refractivity contribution in [3.63, 3.8) is 0 Å². The highest BCUT2D eigenvalue weighted by atomic mass is 16.7. The van der Waals surface area contributed by atoms with Gasteiger partial charge in [0.1, 0.15) is 31.0 Å². The van der Waals surface area contributed by atoms with Crippen LogP contribution < -0.4 is 4.74 Å². The molecule has 0 spiro atoms. The summed E-state index contributed by atoms with van der Waals surface area (Å²) in [6.07, 6.45) is -4.66. The summed E-state index contributed by atoms with van der Waals surface area (Å²) >= 11 is 0. The molecule has 0 bridgehead atoms. The van der Waals surface area contributed by atoms with Gasteiger partial charge in [-0.1, -0.05) is 36.4 Å². The highest BCUT2D eigenvalue weighted by Crippen LogP contribution is 2.31. The number of hydrogen-bond donors (Lipinski definition) is 5. The maximum atomic E-state index is 11.9. The molecular weight excluding hydrogens is 408 g/mol. The summed E-state index contributed by atoms with van der Waals surface area (Å²) in [6.45, 7) is -0.689. The number of carbonyl (C=O) groups excluding carboxylic acids is 1. The third-order valence-corrected chi connectivity index (χ3v) is 4.72. The van der Waals surface area contributed by atoms with E-state index in [0.29, 0.717) is 5.56 Å². The van der Waals surface area contributed by atoms with E-state index in [1.54, 1.807) is 18.2 Å². The summed E-state index contributed by atoms with van der Waals surface area (Å²) in [5.41, 5.74) is 1.24. The van der Waals surface area contributed by atoms with Gasteiger partial charge in [0.25, 0.3) is 0 Å². The van der Waals surface area contributed by atoms with Crippen LogP contribution in [-0.2, 0) is 20.9 Å². The number of benzene rings is 2. The largest absolute Gasteiger partial charge is 0.504 e. The molecule has 0 amide bonds. The average Bonchev–Trinajstić information content (AvgIpc) is 2.79. The van der Waals surface area contributed by atoms with Gasteiger partial charge in [-0.15, -0.1) is 0 Å². The van der Waals surface area contributed by atoms with E-state index in [4.69, 9.17) is 19.3 Å². The van der Waals surface area contributed by atoms with E-state index in [9.17, 15) is 25.2 Å². The van der Waals surface area contributed by atoms with E-state index in [2.05, 4.69) is 0 Å². The van der Waals surface area contributed by atoms with Crippen LogP contribution in [0.2, 0.25) is 0 Å². The van der Waals surface area contributed by atoms with E-state index in [1.165, 1.54) is 24.3 Å². The molecule has 0 unspecified atom stereocenters. The van der Waals surface area contributed by atoms with Crippen LogP contribution >= 0.6 is 0 Å². The molecule has 2 aromatic carbocycles. The minimum absolute atomic E-state index is 0.0635. The smallest absolute Gasteiger partial charge is 0.330 e. The number of aliphatic hydroxyl groups is 4. The first-order valence-electron chi connectivity index (χ1n) is 9.58. The van der Waals surface area contributed by atoms with Gasteiger partial charge in [0.05, 0.1) is 6.61 Å². The number of carbonyl (C=O) groups is 1. The van der Waals surface area contributed by atoms with Crippen molar-refractivity contribution in [2.75, 3.05) is 6.61 Å². The monoisotopic (exact) mass is 432 g/mol. The fourth-order valence-electron chi connectivity index (χ4n) is 2.98. The summed E-state index contributed by atoms with van der Waals surface area (Å²) in [6, 6.07) is 13.2. The second kappa shape index (κ2) is 10.4. The Morgan fingerprint density at radius 2 is 1.77 bits per heavy atom. The Balaban J connectivity index is 1.61. The highest BCUT2D eigenvalue weighted by molar-refractivity contribution is 5.87. The molecule has 9 heteroatoms. The molecule has 1 fully saturated rings. The molecule has 1 saturated heterocycles. The third kappa shape index (κ3) is 5.81. The van der Waals surface area contributed by atoms with Crippen LogP contribution in [0.4, 0.5) is 0 Å². The summed E-state index contributed by atoms with van der Waals surface area (Å²) in [5.74, 6) is -1.06. The zero-order chi connectivity index (χ0) is 22.4. The van der Waals surface area contributed by atoms with Gasteiger partial charge in [0.2, 0.25) is 6.29 Å². The minimum atomic E-state index is -1.64. The van der Waals surface area contributed by atoms with E-state index >= 15 is 0 Å². The molecule has 5 atom stereocenters. The van der Waals surface area contributed by atoms with E-state index in [1.807, 2.05) is 18.2 Å². The molecule has 1 heterocycles. The van der Waals surface area contributed by atoms with Crippen molar-refractivity contribution in [1.29, 1.82) is 0 Å². The molecule has 0 saturated carbocycles. The van der Waals surface area contributed by atoms with Crippen molar-refractivity contribution >= 4 is 12.0 Å². The number of hydrogen-bond acceptors (Lipinski definition) is 9. The Hall–Kier alpha value is -2.95. The third-order valence-electron chi connectivity index (χ3n) is 4.72. The number of rotatable bonds is 7. The Kier molecular flexibility index (Phi) is 7.61. The molecule has 5 N–H and O–H groups in total. The van der Waals surface area contributed by atoms with Crippen molar-refractivity contribution in [1.82, 2.24) is 0 Å². The van der Waals surface area contributed by atoms with Gasteiger partial charge in [0, 0.05) is 6.08 Å². The molecule has 3 rings (SSSR count). The SMILES string of the molecule is O=C(/C=C/c1ccccc1)OC[C@H]1O[C@@H](Oc2ccc(CO)cc2O)[C@H](O)[C@H](O)[C@@H]1O. The first-order valence-corrected chi connectivity index (χ1v) is 9.58. The fourth-order valence-corrected chi connectivity index (χ4v) is 2.98. The maximum absolute atomic E-state index is 11.9. The lowest BCUT2D eigenvalue weighted by molar-refractivity contribution is -0.278. The first-order chi connectivity index (χ1) is 14.9. The molecular formula is C22H24O9. The van der Waals surface area contributed by atoms with Crippen LogP contribution in [0.3, 0.4) is 0 Å². The van der Waals surface area contributed by atoms with Crippen molar-refractivity contribution < 1.29 is 44.5 Å². The Bertz CT molecular complexity index is 899. The van der Waals surface area contributed by atoms with Gasteiger partial charge in [0.15, 0.2) is 11.5 Å². The van der Waals surface area contributed by atoms with Gasteiger partial charge in [-0.05, 0) is 29.3 Å². The van der Waals surface area contributed by atoms with Gasteiger partial charge >= 0.3 is 5.97 Å². The first kappa shape index (κ1) is 22.7. The average molecular weight is 432 g/mol. The summed E-state index contributed by atoms with van der Waals surface area (Å²) < 4.78 is 16.0. The zero-order valence-corrected chi connectivity index (χ0v) is 16.4. The maximum Gasteiger partial charge on any atom is 0.330 e. The van der Waals surface area contributed by atoms with Crippen LogP contribution in [0.5, 0.6) is 11.5 Å². The van der Waals surface area contributed by atoms with Gasteiger partial charge in [-0.2, -0.15) is 0 Å². The number of phenols is 1. The lowest BCUT2D eigenvalue weighted by Crippen LogP contribution is -2.60. The van der Waals surface area contributed by atoms with Crippen molar-refractivity contribution in [3.05, 3.63) is 65.7 Å². The topological polar surface area (TPSA) is 146 Å². The van der Waals surface area contributed by atoms with E-state index in [0.717, 1.165) is 5.56 Å². The van der Waals surface area contributed by atoms with Crippen molar-refractivity contribution in [2.24, 2.45) is 0 Å². The number of esters is 1. The van der Waals surface area contributed by atoms with Crippen LogP contribution in [0.25, 0.3) is 6.08 Å². The van der Waals surface area contributed by atoms with Gasteiger partial charge < -0.3 is 39.7 Å². The van der Waals surface area contributed by atoms with Gasteiger partial charge in [-0.25, -0.2) is 4.79 Å². The minimum Gasteiger partial charge on any atom is -0.504 e. The van der Waals surface area contributed by atoms with Crippen LogP contribution in [0.15, 0.2) is 54.6 Å². The molecule has 1 aliphatic heterocycles. The summed E-state index contributed by atoms with van der Waals surface area (Å²) in [7, 11) is 0. The number of aliphatic hydroxyl groups excluding tert-OH is 4. The number of phenolic OH excluding ortho intramolecular Hbond substituents is 1. The van der Waals surface area contributed by atoms with Crippen molar-refractivity contribution in [2.45, 2.75) is 37.3 Å². The highest BCUT2D eigenvalue weighted by Gasteiger charge is 2.45. The van der Waals surface area contributed by atoms with Crippen LogP contribution in [0.1, 0.15) is 11.1 Å². The Morgan fingerprint density at radius 1 is 1.03 bits per heavy atom. The van der Waals surface area contributed by atoms with E-state index < -0.39 is 43.3 Å². The van der Waals surface area contributed by atoms with E-state index in [-0.39, 0.29) is 18.1 Å². The second-order valence-electron chi connectivity index (χ2n) is 6.97. The predicted octanol–water partition coefficient (Wildman–Crippen LogP) is 0.327. The molecule has 166 valence electrons. The fraction of sp³-hybridized carbons (Fsp3) is 0.318. The predicted molar refractivity (Wildman–Crippen MR) is 108 cm³/mol. The summed E-state index contributed by atoms with van der Waals surface area (Å²) in [5, 5.41) is 49.5.